The molecule has 0 radical (unpaired) electrons. The molecule has 27 heavy (non-hydrogen) atoms. The summed E-state index contributed by atoms with van der Waals surface area (Å²) in [6.07, 6.45) is -0.872. The van der Waals surface area contributed by atoms with Crippen LogP contribution in [0, 0.1) is 17.5 Å². The Morgan fingerprint density at radius 2 is 1.74 bits per heavy atom. The summed E-state index contributed by atoms with van der Waals surface area (Å²) < 4.78 is 69.7. The van der Waals surface area contributed by atoms with Crippen molar-refractivity contribution in [3.05, 3.63) is 59.4 Å². The second-order valence-electron chi connectivity index (χ2n) is 6.24. The van der Waals surface area contributed by atoms with E-state index >= 15 is 0 Å². The van der Waals surface area contributed by atoms with Crippen molar-refractivity contribution >= 4 is 16.8 Å². The number of aromatic amines is 1. The maximum absolute atomic E-state index is 14.4. The van der Waals surface area contributed by atoms with Gasteiger partial charge in [-0.05, 0) is 41.5 Å². The lowest BCUT2D eigenvalue weighted by Crippen LogP contribution is -2.37. The van der Waals surface area contributed by atoms with Crippen LogP contribution in [0.1, 0.15) is 12.5 Å². The lowest BCUT2D eigenvalue weighted by Gasteiger charge is -2.17. The Morgan fingerprint density at radius 3 is 2.37 bits per heavy atom. The first-order valence-electron chi connectivity index (χ1n) is 8.04. The summed E-state index contributed by atoms with van der Waals surface area (Å²) in [5.41, 5.74) is 0.334. The van der Waals surface area contributed by atoms with Crippen molar-refractivity contribution < 1.29 is 26.7 Å². The van der Waals surface area contributed by atoms with E-state index in [1.165, 1.54) is 12.1 Å². The summed E-state index contributed by atoms with van der Waals surface area (Å²) >= 11 is 0. The second kappa shape index (κ2) is 7.02. The molecule has 142 valence electrons. The van der Waals surface area contributed by atoms with Crippen molar-refractivity contribution in [2.75, 3.05) is 6.54 Å². The molecule has 0 saturated carbocycles. The van der Waals surface area contributed by atoms with Gasteiger partial charge >= 0.3 is 0 Å². The number of benzene rings is 2. The van der Waals surface area contributed by atoms with Gasteiger partial charge in [-0.25, -0.2) is 22.0 Å². The van der Waals surface area contributed by atoms with Crippen molar-refractivity contribution in [3.63, 3.8) is 0 Å². The van der Waals surface area contributed by atoms with Crippen LogP contribution < -0.4 is 5.32 Å². The van der Waals surface area contributed by atoms with Gasteiger partial charge in [0.1, 0.15) is 17.5 Å². The molecule has 0 spiro atoms. The Morgan fingerprint density at radius 1 is 1.07 bits per heavy atom. The number of hydrogen-bond acceptors (Lipinski definition) is 1. The number of amides is 1. The number of carbonyl (C=O) groups excluding carboxylic acids is 1. The second-order valence-corrected chi connectivity index (χ2v) is 6.24. The van der Waals surface area contributed by atoms with E-state index < -0.39 is 42.2 Å². The fourth-order valence-electron chi connectivity index (χ4n) is 2.90. The van der Waals surface area contributed by atoms with Crippen LogP contribution in [-0.2, 0) is 11.2 Å². The third-order valence-corrected chi connectivity index (χ3v) is 4.10. The molecule has 0 aliphatic heterocycles. The highest BCUT2D eigenvalue weighted by molar-refractivity contribution is 5.91. The first-order chi connectivity index (χ1) is 12.7. The van der Waals surface area contributed by atoms with E-state index in [0.717, 1.165) is 25.1 Å². The third-order valence-electron chi connectivity index (χ3n) is 4.10. The van der Waals surface area contributed by atoms with E-state index in [4.69, 9.17) is 0 Å². The van der Waals surface area contributed by atoms with Gasteiger partial charge in [-0.15, -0.1) is 0 Å². The molecule has 0 fully saturated rings. The quantitative estimate of drug-likeness (QED) is 0.624. The Hall–Kier alpha value is -2.90. The van der Waals surface area contributed by atoms with Gasteiger partial charge in [-0.3, -0.25) is 4.79 Å². The highest BCUT2D eigenvalue weighted by Crippen LogP contribution is 2.36. The van der Waals surface area contributed by atoms with E-state index in [-0.39, 0.29) is 22.2 Å². The number of halogens is 5. The number of H-pyrrole nitrogens is 1. The number of hydrogen-bond donors (Lipinski definition) is 2. The Labute approximate surface area is 151 Å². The molecule has 0 bridgehead atoms. The van der Waals surface area contributed by atoms with E-state index in [1.807, 2.05) is 5.32 Å². The summed E-state index contributed by atoms with van der Waals surface area (Å²) in [4.78, 5) is 13.6. The summed E-state index contributed by atoms with van der Waals surface area (Å²) in [5, 5.41) is 2.01. The minimum Gasteiger partial charge on any atom is -0.352 e. The van der Waals surface area contributed by atoms with Gasteiger partial charge in [-0.2, -0.15) is 0 Å². The van der Waals surface area contributed by atoms with Crippen LogP contribution in [0.2, 0.25) is 0 Å². The first kappa shape index (κ1) is 18.9. The Bertz CT molecular complexity index is 995. The van der Waals surface area contributed by atoms with Gasteiger partial charge in [0.25, 0.3) is 5.92 Å². The molecule has 3 rings (SSSR count). The lowest BCUT2D eigenvalue weighted by atomic mass is 9.99. The zero-order chi connectivity index (χ0) is 19.8. The highest BCUT2D eigenvalue weighted by atomic mass is 19.3. The Balaban J connectivity index is 2.14. The summed E-state index contributed by atoms with van der Waals surface area (Å²) in [7, 11) is 0. The molecule has 2 aromatic carbocycles. The third kappa shape index (κ3) is 4.10. The molecule has 3 nitrogen and oxygen atoms in total. The predicted octanol–water partition coefficient (Wildman–Crippen LogP) is 4.57. The molecule has 1 heterocycles. The van der Waals surface area contributed by atoms with Gasteiger partial charge in [0.05, 0.1) is 12.1 Å². The molecular weight excluding hydrogens is 367 g/mol. The smallest absolute Gasteiger partial charge is 0.269 e. The molecule has 1 aromatic heterocycles. The SMILES string of the molecule is CC(=O)NCC(F)(F)Cc1c(-c2ccc(F)cc2)[nH]c2c(F)cc(F)cc12. The van der Waals surface area contributed by atoms with Gasteiger partial charge in [-0.1, -0.05) is 0 Å². The zero-order valence-electron chi connectivity index (χ0n) is 14.2. The van der Waals surface area contributed by atoms with Crippen molar-refractivity contribution in [2.24, 2.45) is 0 Å². The van der Waals surface area contributed by atoms with Crippen molar-refractivity contribution in [1.29, 1.82) is 0 Å². The van der Waals surface area contributed by atoms with Crippen LogP contribution >= 0.6 is 0 Å². The molecule has 0 aliphatic rings. The number of fused-ring (bicyclic) bond motifs is 1. The summed E-state index contributed by atoms with van der Waals surface area (Å²) in [5.74, 6) is -6.34. The molecule has 2 N–H and O–H groups in total. The highest BCUT2D eigenvalue weighted by Gasteiger charge is 2.33. The maximum Gasteiger partial charge on any atom is 0.269 e. The van der Waals surface area contributed by atoms with Gasteiger partial charge in [0.15, 0.2) is 0 Å². The number of nitrogens with one attached hydrogen (secondary N) is 2. The van der Waals surface area contributed by atoms with Gasteiger partial charge in [0, 0.05) is 30.5 Å². The molecular formula is C19H15F5N2O. The van der Waals surface area contributed by atoms with Crippen LogP contribution in [0.4, 0.5) is 22.0 Å². The van der Waals surface area contributed by atoms with Crippen LogP contribution in [0.25, 0.3) is 22.2 Å². The normalized spacial score (nSPS) is 11.8. The van der Waals surface area contributed by atoms with Gasteiger partial charge in [0.2, 0.25) is 5.91 Å². The first-order valence-corrected chi connectivity index (χ1v) is 8.04. The predicted molar refractivity (Wildman–Crippen MR) is 90.9 cm³/mol. The summed E-state index contributed by atoms with van der Waals surface area (Å²) in [6, 6.07) is 6.58. The minimum atomic E-state index is -3.36. The maximum atomic E-state index is 14.4. The lowest BCUT2D eigenvalue weighted by molar-refractivity contribution is -0.120. The average molecular weight is 382 g/mol. The van der Waals surface area contributed by atoms with Crippen LogP contribution in [0.5, 0.6) is 0 Å². The van der Waals surface area contributed by atoms with Crippen molar-refractivity contribution in [2.45, 2.75) is 19.3 Å². The largest absolute Gasteiger partial charge is 0.352 e. The van der Waals surface area contributed by atoms with Gasteiger partial charge < -0.3 is 10.3 Å². The van der Waals surface area contributed by atoms with E-state index in [1.54, 1.807) is 0 Å². The number of rotatable bonds is 5. The minimum absolute atomic E-state index is 0.0228. The fraction of sp³-hybridized carbons (Fsp3) is 0.211. The van der Waals surface area contributed by atoms with E-state index in [9.17, 15) is 26.7 Å². The number of alkyl halides is 2. The van der Waals surface area contributed by atoms with E-state index in [2.05, 4.69) is 4.98 Å². The molecule has 0 aliphatic carbocycles. The molecule has 1 amide bonds. The molecule has 8 heteroatoms. The topological polar surface area (TPSA) is 44.9 Å². The zero-order valence-corrected chi connectivity index (χ0v) is 14.2. The summed E-state index contributed by atoms with van der Waals surface area (Å²) in [6.45, 7) is 0.187. The monoisotopic (exact) mass is 382 g/mol. The Kier molecular flexibility index (Phi) is 4.91. The molecule has 3 aromatic rings. The van der Waals surface area contributed by atoms with E-state index in [0.29, 0.717) is 11.6 Å². The van der Waals surface area contributed by atoms with Crippen molar-refractivity contribution in [3.8, 4) is 11.3 Å². The number of aromatic nitrogens is 1. The average Bonchev–Trinajstić information content (AvgIpc) is 2.92. The van der Waals surface area contributed by atoms with Crippen molar-refractivity contribution in [1.82, 2.24) is 10.3 Å². The van der Waals surface area contributed by atoms with Crippen LogP contribution in [0.15, 0.2) is 36.4 Å². The molecule has 0 atom stereocenters. The molecule has 0 saturated heterocycles. The van der Waals surface area contributed by atoms with Crippen LogP contribution in [-0.4, -0.2) is 23.4 Å². The molecule has 0 unspecified atom stereocenters. The number of carbonyl (C=O) groups is 1. The fourth-order valence-corrected chi connectivity index (χ4v) is 2.90. The standard InChI is InChI=1S/C19H15F5N2O/c1-10(27)25-9-19(23,24)8-15-14-6-13(21)7-16(22)18(14)26-17(15)11-2-4-12(20)5-3-11/h2-7,26H,8-9H2,1H3,(H,25,27). The van der Waals surface area contributed by atoms with Crippen LogP contribution in [0.3, 0.4) is 0 Å².